The number of likely N-dealkylation sites (tertiary alicyclic amines) is 1. The van der Waals surface area contributed by atoms with Crippen LogP contribution in [0.1, 0.15) is 128 Å². The van der Waals surface area contributed by atoms with Crippen molar-refractivity contribution in [1.29, 1.82) is 0 Å². The van der Waals surface area contributed by atoms with Gasteiger partial charge in [0.25, 0.3) is 11.7 Å². The summed E-state index contributed by atoms with van der Waals surface area (Å²) in [6, 6.07) is 6.25. The highest BCUT2D eigenvalue weighted by molar-refractivity contribution is 6.32. The van der Waals surface area contributed by atoms with Crippen LogP contribution in [0.5, 0.6) is 17.2 Å². The van der Waals surface area contributed by atoms with Crippen molar-refractivity contribution in [3.05, 3.63) is 99.6 Å². The van der Waals surface area contributed by atoms with E-state index in [0.29, 0.717) is 38.3 Å². The molecular weight excluding hydrogens is 849 g/mol. The van der Waals surface area contributed by atoms with Gasteiger partial charge in [-0.25, -0.2) is 4.79 Å². The predicted octanol–water partition coefficient (Wildman–Crippen LogP) is 6.57. The minimum absolute atomic E-state index is 0.0471. The van der Waals surface area contributed by atoms with Crippen LogP contribution in [0.2, 0.25) is 0 Å². The molecule has 1 amide bonds. The topological polar surface area (TPSA) is 207 Å². The first-order valence-corrected chi connectivity index (χ1v) is 22.9. The lowest BCUT2D eigenvalue weighted by Crippen LogP contribution is -2.45. The molecule has 1 aliphatic carbocycles. The Labute approximate surface area is 386 Å². The Morgan fingerprint density at radius 2 is 1.52 bits per heavy atom. The monoisotopic (exact) mass is 912 g/mol. The molecule has 66 heavy (non-hydrogen) atoms. The van der Waals surface area contributed by atoms with E-state index in [1.807, 2.05) is 6.92 Å². The molecule has 0 spiro atoms. The van der Waals surface area contributed by atoms with Crippen molar-refractivity contribution >= 4 is 29.2 Å². The number of fused-ring (bicyclic) bond motifs is 14. The third-order valence-electron chi connectivity index (χ3n) is 13.4. The van der Waals surface area contributed by atoms with Crippen LogP contribution >= 0.6 is 0 Å². The van der Waals surface area contributed by atoms with E-state index in [1.54, 1.807) is 56.9 Å². The maximum absolute atomic E-state index is 15.3. The zero-order valence-corrected chi connectivity index (χ0v) is 39.3. The Hall–Kier alpha value is -5.61. The number of piperidine rings is 1. The molecule has 0 saturated carbocycles. The van der Waals surface area contributed by atoms with Crippen molar-refractivity contribution in [2.45, 2.75) is 118 Å². The quantitative estimate of drug-likeness (QED) is 0.126. The van der Waals surface area contributed by atoms with E-state index < -0.39 is 88.7 Å². The molecule has 0 unspecified atom stereocenters. The molecule has 1 saturated heterocycles. The number of ketones is 3. The first-order chi connectivity index (χ1) is 31.4. The third kappa shape index (κ3) is 9.90. The number of hydrogen-bond acceptors (Lipinski definition) is 14. The normalized spacial score (nSPS) is 30.5. The summed E-state index contributed by atoms with van der Waals surface area (Å²) in [6.07, 6.45) is 7.36. The number of aliphatic hydroxyl groups is 3. The van der Waals surface area contributed by atoms with Crippen molar-refractivity contribution in [2.24, 2.45) is 23.7 Å². The number of ether oxygens (including phenoxy) is 5. The SMILES string of the molecule is CCCCOc1ccc(C(=O)Oc2c(C)c3c4c5c2C(=O)C(=C(N2CCCCC2)C5=O)NC(=O)/C(C)=C\C=C/[C@H](C)[C@H](O)[C@@H](C)[C@H](O)[C@H](C)[C@H](O)[C@H](C)[C@@H](OC)/C=C\O[C@@](C)(O3)C4=O)cc1. The minimum Gasteiger partial charge on any atom is -0.494 e. The number of esters is 1. The molecule has 4 N–H and O–H groups in total. The Kier molecular flexibility index (Phi) is 15.8. The second-order valence-electron chi connectivity index (χ2n) is 18.1. The molecule has 356 valence electrons. The Morgan fingerprint density at radius 1 is 0.864 bits per heavy atom. The standard InChI is InChI=1S/C51H64N2O13/c1-10-11-25-63-34-20-18-33(19-21-34)50(61)65-46-32(7)47-38-36-37(46)44(57)39(40(45(36)58)53-23-13-12-14-24-53)52-49(60)28(3)17-15-16-27(2)41(54)30(5)43(56)31(6)42(55)29(4)35(62-9)22-26-64-51(8,66-47)48(38)59/h15-22,26-27,29-31,35,41-43,54-56H,10-14,23-25H2,1-9H3,(H,52,60)/b16-15-,26-22-,28-17-/t27-,29+,30+,31+,35-,41-,42+,43-,51-/m0/s1. The fourth-order valence-corrected chi connectivity index (χ4v) is 8.99. The van der Waals surface area contributed by atoms with Gasteiger partial charge in [-0.2, -0.15) is 0 Å². The minimum atomic E-state index is -2.12. The molecule has 4 heterocycles. The van der Waals surface area contributed by atoms with Crippen molar-refractivity contribution in [3.63, 3.8) is 0 Å². The number of allylic oxidation sites excluding steroid dienone is 4. The van der Waals surface area contributed by atoms with Gasteiger partial charge < -0.3 is 49.2 Å². The molecule has 2 aromatic rings. The van der Waals surface area contributed by atoms with E-state index >= 15 is 9.59 Å². The summed E-state index contributed by atoms with van der Waals surface area (Å²) in [4.78, 5) is 75.1. The highest BCUT2D eigenvalue weighted by Gasteiger charge is 2.53. The second-order valence-corrected chi connectivity index (χ2v) is 18.1. The second kappa shape index (κ2) is 20.9. The molecule has 15 nitrogen and oxygen atoms in total. The van der Waals surface area contributed by atoms with E-state index in [1.165, 1.54) is 58.4 Å². The van der Waals surface area contributed by atoms with Crippen molar-refractivity contribution in [2.75, 3.05) is 26.8 Å². The van der Waals surface area contributed by atoms with Crippen molar-refractivity contribution in [3.8, 4) is 17.2 Å². The summed E-state index contributed by atoms with van der Waals surface area (Å²) in [6.45, 7) is 14.5. The van der Waals surface area contributed by atoms with Crippen LogP contribution in [-0.2, 0) is 14.3 Å². The van der Waals surface area contributed by atoms with Crippen LogP contribution in [0.15, 0.2) is 71.8 Å². The number of amides is 1. The Morgan fingerprint density at radius 3 is 2.17 bits per heavy atom. The predicted molar refractivity (Wildman–Crippen MR) is 244 cm³/mol. The van der Waals surface area contributed by atoms with Crippen LogP contribution in [0, 0.1) is 30.6 Å². The number of carbonyl (C=O) groups is 5. The number of methoxy groups -OCH3 is 1. The number of nitrogens with one attached hydrogen (secondary N) is 1. The molecule has 0 aromatic heterocycles. The maximum Gasteiger partial charge on any atom is 0.343 e. The highest BCUT2D eigenvalue weighted by Crippen LogP contribution is 2.50. The summed E-state index contributed by atoms with van der Waals surface area (Å²) in [5.74, 6) is -8.60. The average Bonchev–Trinajstić information content (AvgIpc) is 3.58. The highest BCUT2D eigenvalue weighted by atomic mass is 16.7. The fourth-order valence-electron chi connectivity index (χ4n) is 8.99. The van der Waals surface area contributed by atoms with Crippen LogP contribution < -0.4 is 19.5 Å². The lowest BCUT2D eigenvalue weighted by molar-refractivity contribution is -0.116. The smallest absolute Gasteiger partial charge is 0.343 e. The van der Waals surface area contributed by atoms with Gasteiger partial charge in [0, 0.05) is 61.9 Å². The fraction of sp³-hybridized carbons (Fsp3) is 0.510. The molecule has 5 bridgehead atoms. The Balaban J connectivity index is 1.52. The molecule has 15 heteroatoms. The van der Waals surface area contributed by atoms with Crippen molar-refractivity contribution in [1.82, 2.24) is 10.2 Å². The van der Waals surface area contributed by atoms with E-state index in [-0.39, 0.29) is 50.7 Å². The summed E-state index contributed by atoms with van der Waals surface area (Å²) in [5, 5.41) is 36.8. The van der Waals surface area contributed by atoms with Crippen molar-refractivity contribution < 1.29 is 63.0 Å². The number of unbranched alkanes of at least 4 members (excludes halogenated alkanes) is 1. The lowest BCUT2D eigenvalue weighted by atomic mass is 9.78. The summed E-state index contributed by atoms with van der Waals surface area (Å²) >= 11 is 0. The lowest BCUT2D eigenvalue weighted by Gasteiger charge is -2.36. The van der Waals surface area contributed by atoms with Gasteiger partial charge >= 0.3 is 11.8 Å². The van der Waals surface area contributed by atoms with Crippen LogP contribution in [0.3, 0.4) is 0 Å². The van der Waals surface area contributed by atoms with E-state index in [4.69, 9.17) is 23.7 Å². The first-order valence-electron chi connectivity index (χ1n) is 22.9. The number of rotatable bonds is 8. The zero-order valence-electron chi connectivity index (χ0n) is 39.3. The number of aliphatic hydroxyl groups excluding tert-OH is 3. The zero-order chi connectivity index (χ0) is 48.2. The molecule has 2 aromatic carbocycles. The molecule has 4 aliphatic heterocycles. The van der Waals surface area contributed by atoms with Gasteiger partial charge in [0.05, 0.1) is 59.5 Å². The van der Waals surface area contributed by atoms with Gasteiger partial charge in [0.1, 0.15) is 28.6 Å². The summed E-state index contributed by atoms with van der Waals surface area (Å²) < 4.78 is 29.9. The van der Waals surface area contributed by atoms with Gasteiger partial charge in [-0.1, -0.05) is 59.3 Å². The molecule has 1 fully saturated rings. The first kappa shape index (κ1) is 49.8. The van der Waals surface area contributed by atoms with Gasteiger partial charge in [-0.3, -0.25) is 19.2 Å². The van der Waals surface area contributed by atoms with Crippen LogP contribution in [0.25, 0.3) is 0 Å². The largest absolute Gasteiger partial charge is 0.494 e. The number of Topliss-reactive ketones (excluding diaryl/α,β-unsaturated/α-hetero) is 3. The van der Waals surface area contributed by atoms with Gasteiger partial charge in [0.15, 0.2) is 0 Å². The number of benzene rings is 2. The van der Waals surface area contributed by atoms with Gasteiger partial charge in [-0.05, 0) is 69.9 Å². The van der Waals surface area contributed by atoms with Gasteiger partial charge in [-0.15, -0.1) is 0 Å². The molecule has 0 radical (unpaired) electrons. The van der Waals surface area contributed by atoms with Crippen LogP contribution in [0.4, 0.5) is 0 Å². The molecule has 5 aliphatic rings. The Bertz CT molecular complexity index is 2320. The summed E-state index contributed by atoms with van der Waals surface area (Å²) in [5.41, 5.74) is -1.16. The van der Waals surface area contributed by atoms with Crippen LogP contribution in [-0.4, -0.2) is 106 Å². The maximum atomic E-state index is 15.3. The number of hydrogen-bond donors (Lipinski definition) is 4. The average molecular weight is 913 g/mol. The summed E-state index contributed by atoms with van der Waals surface area (Å²) in [7, 11) is 1.43. The molecule has 9 atom stereocenters. The van der Waals surface area contributed by atoms with E-state index in [2.05, 4.69) is 5.32 Å². The molecular formula is C51H64N2O13. The van der Waals surface area contributed by atoms with E-state index in [9.17, 15) is 29.7 Å². The molecule has 7 rings (SSSR count). The number of nitrogens with zero attached hydrogens (tertiary/aromatic N) is 1. The van der Waals surface area contributed by atoms with E-state index in [0.717, 1.165) is 19.3 Å². The number of carbonyl (C=O) groups excluding carboxylic acids is 5. The third-order valence-corrected chi connectivity index (χ3v) is 13.4. The van der Waals surface area contributed by atoms with Gasteiger partial charge in [0.2, 0.25) is 11.6 Å².